The van der Waals surface area contributed by atoms with Crippen LogP contribution in [0, 0.1) is 0 Å². The molecule has 16 heavy (non-hydrogen) atoms. The Morgan fingerprint density at radius 1 is 1.56 bits per heavy atom. The molecule has 82 valence electrons. The topological polar surface area (TPSA) is 59.4 Å². The molecule has 0 aliphatic carbocycles. The van der Waals surface area contributed by atoms with Crippen molar-refractivity contribution in [3.05, 3.63) is 35.0 Å². The molecule has 0 spiro atoms. The number of aromatic carboxylic acids is 1. The summed E-state index contributed by atoms with van der Waals surface area (Å²) < 4.78 is 5.10. The van der Waals surface area contributed by atoms with E-state index in [1.54, 1.807) is 18.3 Å². The van der Waals surface area contributed by atoms with E-state index in [9.17, 15) is 4.79 Å². The van der Waals surface area contributed by atoms with Crippen LogP contribution in [0.5, 0.6) is 5.75 Å². The second-order valence-electron chi connectivity index (χ2n) is 3.14. The molecule has 0 aliphatic heterocycles. The molecular weight excluding hydrogens is 230 g/mol. The highest BCUT2D eigenvalue weighted by molar-refractivity contribution is 6.35. The van der Waals surface area contributed by atoms with E-state index < -0.39 is 5.97 Å². The van der Waals surface area contributed by atoms with Crippen molar-refractivity contribution in [3.8, 4) is 5.75 Å². The summed E-state index contributed by atoms with van der Waals surface area (Å²) in [5.41, 5.74) is 0.569. The smallest absolute Gasteiger partial charge is 0.339 e. The van der Waals surface area contributed by atoms with E-state index in [1.165, 1.54) is 13.2 Å². The van der Waals surface area contributed by atoms with E-state index in [2.05, 4.69) is 4.98 Å². The van der Waals surface area contributed by atoms with Crippen LogP contribution >= 0.6 is 11.6 Å². The number of carbonyl (C=O) groups is 1. The third-order valence-corrected chi connectivity index (χ3v) is 2.52. The van der Waals surface area contributed by atoms with Crippen molar-refractivity contribution in [2.45, 2.75) is 0 Å². The summed E-state index contributed by atoms with van der Waals surface area (Å²) in [5, 5.41) is 9.91. The highest BCUT2D eigenvalue weighted by Gasteiger charge is 2.17. The molecule has 0 bridgehead atoms. The van der Waals surface area contributed by atoms with Gasteiger partial charge in [0.1, 0.15) is 11.3 Å². The number of rotatable bonds is 2. The van der Waals surface area contributed by atoms with Gasteiger partial charge in [0.05, 0.1) is 17.6 Å². The number of hydrogen-bond donors (Lipinski definition) is 1. The predicted octanol–water partition coefficient (Wildman–Crippen LogP) is 2.60. The standard InChI is InChI=1S/C11H8ClNO3/c1-16-10-6-3-2-4-13-9(6)8(12)5-7(10)11(14)15/h2-5H,1H3,(H,14,15). The van der Waals surface area contributed by atoms with Gasteiger partial charge in [-0.15, -0.1) is 0 Å². The quantitative estimate of drug-likeness (QED) is 0.872. The van der Waals surface area contributed by atoms with E-state index in [-0.39, 0.29) is 11.3 Å². The van der Waals surface area contributed by atoms with Crippen molar-refractivity contribution in [1.82, 2.24) is 4.98 Å². The van der Waals surface area contributed by atoms with Gasteiger partial charge < -0.3 is 9.84 Å². The minimum absolute atomic E-state index is 0.0352. The first-order chi connectivity index (χ1) is 7.65. The third kappa shape index (κ3) is 1.57. The van der Waals surface area contributed by atoms with Gasteiger partial charge in [-0.1, -0.05) is 11.6 Å². The molecular formula is C11H8ClNO3. The Kier molecular flexibility index (Phi) is 2.66. The molecule has 1 heterocycles. The van der Waals surface area contributed by atoms with Gasteiger partial charge >= 0.3 is 5.97 Å². The van der Waals surface area contributed by atoms with Gasteiger partial charge in [-0.3, -0.25) is 4.98 Å². The lowest BCUT2D eigenvalue weighted by Crippen LogP contribution is -2.01. The minimum atomic E-state index is -1.08. The summed E-state index contributed by atoms with van der Waals surface area (Å²) in [6.07, 6.45) is 1.59. The predicted molar refractivity (Wildman–Crippen MR) is 60.3 cm³/mol. The van der Waals surface area contributed by atoms with E-state index >= 15 is 0 Å². The number of halogens is 1. The molecule has 0 saturated carbocycles. The van der Waals surface area contributed by atoms with Crippen molar-refractivity contribution < 1.29 is 14.6 Å². The van der Waals surface area contributed by atoms with Crippen LogP contribution in [0.15, 0.2) is 24.4 Å². The van der Waals surface area contributed by atoms with Crippen LogP contribution < -0.4 is 4.74 Å². The Bertz CT molecular complexity index is 568. The number of methoxy groups -OCH3 is 1. The highest BCUT2D eigenvalue weighted by Crippen LogP contribution is 2.33. The van der Waals surface area contributed by atoms with E-state index in [1.807, 2.05) is 0 Å². The maximum Gasteiger partial charge on any atom is 0.339 e. The van der Waals surface area contributed by atoms with Crippen LogP contribution in [0.3, 0.4) is 0 Å². The zero-order chi connectivity index (χ0) is 11.7. The first-order valence-corrected chi connectivity index (χ1v) is 4.87. The Morgan fingerprint density at radius 3 is 2.94 bits per heavy atom. The maximum absolute atomic E-state index is 11.0. The van der Waals surface area contributed by atoms with E-state index in [4.69, 9.17) is 21.4 Å². The van der Waals surface area contributed by atoms with Crippen molar-refractivity contribution in [3.63, 3.8) is 0 Å². The molecule has 1 aromatic carbocycles. The summed E-state index contributed by atoms with van der Waals surface area (Å²) in [7, 11) is 1.42. The molecule has 0 saturated heterocycles. The molecule has 0 fully saturated rings. The molecule has 0 aliphatic rings. The Balaban J connectivity index is 2.90. The van der Waals surface area contributed by atoms with Crippen LogP contribution in [0.2, 0.25) is 5.02 Å². The normalized spacial score (nSPS) is 10.4. The SMILES string of the molecule is COc1c(C(=O)O)cc(Cl)c2ncccc12. The largest absolute Gasteiger partial charge is 0.495 e. The number of hydrogen-bond acceptors (Lipinski definition) is 3. The molecule has 0 amide bonds. The highest BCUT2D eigenvalue weighted by atomic mass is 35.5. The average molecular weight is 238 g/mol. The van der Waals surface area contributed by atoms with Crippen molar-refractivity contribution in [1.29, 1.82) is 0 Å². The fraction of sp³-hybridized carbons (Fsp3) is 0.0909. The van der Waals surface area contributed by atoms with Crippen LogP contribution in [0.25, 0.3) is 10.9 Å². The first kappa shape index (κ1) is 10.7. The Morgan fingerprint density at radius 2 is 2.31 bits per heavy atom. The third-order valence-electron chi connectivity index (χ3n) is 2.23. The second kappa shape index (κ2) is 3.98. The number of carboxylic acids is 1. The second-order valence-corrected chi connectivity index (χ2v) is 3.55. The summed E-state index contributed by atoms with van der Waals surface area (Å²) in [5.74, 6) is -0.801. The van der Waals surface area contributed by atoms with Crippen LogP contribution in [0.1, 0.15) is 10.4 Å². The number of fused-ring (bicyclic) bond motifs is 1. The number of carboxylic acid groups (broad SMARTS) is 1. The van der Waals surface area contributed by atoms with Crippen LogP contribution in [-0.2, 0) is 0 Å². The zero-order valence-corrected chi connectivity index (χ0v) is 9.15. The van der Waals surface area contributed by atoms with Gasteiger partial charge in [-0.2, -0.15) is 0 Å². The molecule has 0 radical (unpaired) electrons. The molecule has 5 heteroatoms. The number of benzene rings is 1. The van der Waals surface area contributed by atoms with Gasteiger partial charge in [0.25, 0.3) is 0 Å². The maximum atomic E-state index is 11.0. The summed E-state index contributed by atoms with van der Waals surface area (Å²) >= 11 is 5.95. The Hall–Kier alpha value is -1.81. The van der Waals surface area contributed by atoms with Crippen molar-refractivity contribution in [2.24, 2.45) is 0 Å². The fourth-order valence-electron chi connectivity index (χ4n) is 1.56. The molecule has 2 rings (SSSR count). The minimum Gasteiger partial charge on any atom is -0.495 e. The van der Waals surface area contributed by atoms with Gasteiger partial charge in [-0.25, -0.2) is 4.79 Å². The molecule has 4 nitrogen and oxygen atoms in total. The molecule has 1 aromatic heterocycles. The number of pyridine rings is 1. The Labute approximate surface area is 96.4 Å². The lowest BCUT2D eigenvalue weighted by molar-refractivity contribution is 0.0693. The molecule has 2 aromatic rings. The van der Waals surface area contributed by atoms with Crippen LogP contribution in [0.4, 0.5) is 0 Å². The van der Waals surface area contributed by atoms with Gasteiger partial charge in [-0.05, 0) is 18.2 Å². The number of ether oxygens (including phenoxy) is 1. The van der Waals surface area contributed by atoms with E-state index in [0.717, 1.165) is 0 Å². The van der Waals surface area contributed by atoms with Gasteiger partial charge in [0.2, 0.25) is 0 Å². The number of aromatic nitrogens is 1. The summed E-state index contributed by atoms with van der Waals surface area (Å²) in [4.78, 5) is 15.1. The van der Waals surface area contributed by atoms with Gasteiger partial charge in [0, 0.05) is 11.6 Å². The van der Waals surface area contributed by atoms with Crippen molar-refractivity contribution in [2.75, 3.05) is 7.11 Å². The molecule has 0 unspecified atom stereocenters. The summed E-state index contributed by atoms with van der Waals surface area (Å²) in [6.45, 7) is 0. The number of nitrogens with zero attached hydrogens (tertiary/aromatic N) is 1. The van der Waals surface area contributed by atoms with E-state index in [0.29, 0.717) is 15.9 Å². The first-order valence-electron chi connectivity index (χ1n) is 4.49. The molecule has 0 atom stereocenters. The lowest BCUT2D eigenvalue weighted by Gasteiger charge is -2.09. The zero-order valence-electron chi connectivity index (χ0n) is 8.40. The fourth-order valence-corrected chi connectivity index (χ4v) is 1.82. The van der Waals surface area contributed by atoms with Crippen LogP contribution in [-0.4, -0.2) is 23.2 Å². The van der Waals surface area contributed by atoms with Gasteiger partial charge in [0.15, 0.2) is 0 Å². The lowest BCUT2D eigenvalue weighted by atomic mass is 10.1. The van der Waals surface area contributed by atoms with Crippen molar-refractivity contribution >= 4 is 28.5 Å². The monoisotopic (exact) mass is 237 g/mol. The summed E-state index contributed by atoms with van der Waals surface area (Å²) in [6, 6.07) is 4.77. The molecule has 1 N–H and O–H groups in total. The average Bonchev–Trinajstić information content (AvgIpc) is 2.29.